The molecule has 0 aromatic heterocycles. The first-order valence-electron chi connectivity index (χ1n) is 7.03. The maximum absolute atomic E-state index is 12.5. The highest BCUT2D eigenvalue weighted by Crippen LogP contribution is 2.31. The summed E-state index contributed by atoms with van der Waals surface area (Å²) in [5.74, 6) is 0.981. The van der Waals surface area contributed by atoms with E-state index >= 15 is 0 Å². The summed E-state index contributed by atoms with van der Waals surface area (Å²) < 4.78 is 0. The number of rotatable bonds is 4. The first kappa shape index (κ1) is 14.5. The predicted octanol–water partition coefficient (Wildman–Crippen LogP) is 2.40. The largest absolute Gasteiger partial charge is 0.340 e. The van der Waals surface area contributed by atoms with Crippen LogP contribution in [0.4, 0.5) is 0 Å². The fraction of sp³-hybridized carbons (Fsp3) is 0.929. The van der Waals surface area contributed by atoms with Crippen LogP contribution in [0.5, 0.6) is 0 Å². The maximum atomic E-state index is 12.5. The zero-order valence-corrected chi connectivity index (χ0v) is 11.8. The van der Waals surface area contributed by atoms with Crippen molar-refractivity contribution in [3.63, 3.8) is 0 Å². The van der Waals surface area contributed by atoms with E-state index in [1.165, 1.54) is 0 Å². The lowest BCUT2D eigenvalue weighted by Crippen LogP contribution is -2.46. The average molecular weight is 240 g/mol. The average Bonchev–Trinajstić information content (AvgIpc) is 2.24. The van der Waals surface area contributed by atoms with Crippen LogP contribution in [0.15, 0.2) is 0 Å². The van der Waals surface area contributed by atoms with Gasteiger partial charge in [-0.25, -0.2) is 0 Å². The molecule has 1 amide bonds. The maximum Gasteiger partial charge on any atom is 0.226 e. The van der Waals surface area contributed by atoms with Crippen molar-refractivity contribution in [2.45, 2.75) is 65.5 Å². The molecule has 0 heterocycles. The second kappa shape index (κ2) is 6.39. The molecule has 100 valence electrons. The molecule has 3 atom stereocenters. The molecule has 1 fully saturated rings. The summed E-state index contributed by atoms with van der Waals surface area (Å²) in [7, 11) is 0. The van der Waals surface area contributed by atoms with Gasteiger partial charge < -0.3 is 10.6 Å². The molecule has 0 aromatic carbocycles. The molecule has 2 N–H and O–H groups in total. The van der Waals surface area contributed by atoms with E-state index in [1.807, 2.05) is 4.90 Å². The van der Waals surface area contributed by atoms with Crippen LogP contribution in [0.2, 0.25) is 0 Å². The molecule has 17 heavy (non-hydrogen) atoms. The highest BCUT2D eigenvalue weighted by atomic mass is 16.2. The quantitative estimate of drug-likeness (QED) is 0.820. The van der Waals surface area contributed by atoms with Gasteiger partial charge >= 0.3 is 0 Å². The van der Waals surface area contributed by atoms with Crippen molar-refractivity contribution in [3.8, 4) is 0 Å². The summed E-state index contributed by atoms with van der Waals surface area (Å²) in [5, 5.41) is 0. The fourth-order valence-electron chi connectivity index (χ4n) is 2.88. The minimum atomic E-state index is 0.198. The van der Waals surface area contributed by atoms with Gasteiger partial charge in [-0.2, -0.15) is 0 Å². The Morgan fingerprint density at radius 3 is 2.53 bits per heavy atom. The molecule has 0 spiro atoms. The van der Waals surface area contributed by atoms with E-state index in [0.29, 0.717) is 23.9 Å². The van der Waals surface area contributed by atoms with Gasteiger partial charge in [0.25, 0.3) is 0 Å². The lowest BCUT2D eigenvalue weighted by atomic mass is 9.77. The summed E-state index contributed by atoms with van der Waals surface area (Å²) >= 11 is 0. The van der Waals surface area contributed by atoms with E-state index < -0.39 is 0 Å². The minimum absolute atomic E-state index is 0.198. The smallest absolute Gasteiger partial charge is 0.226 e. The molecular weight excluding hydrogens is 212 g/mol. The predicted molar refractivity (Wildman–Crippen MR) is 71.6 cm³/mol. The van der Waals surface area contributed by atoms with Gasteiger partial charge in [0.05, 0.1) is 0 Å². The molecule has 3 heteroatoms. The molecular formula is C14H28N2O. The molecule has 0 saturated heterocycles. The van der Waals surface area contributed by atoms with Gasteiger partial charge in [0.1, 0.15) is 0 Å². The molecule has 1 aliphatic carbocycles. The van der Waals surface area contributed by atoms with Crippen molar-refractivity contribution in [3.05, 3.63) is 0 Å². The Hall–Kier alpha value is -0.570. The summed E-state index contributed by atoms with van der Waals surface area (Å²) in [5.41, 5.74) is 5.96. The molecule has 0 bridgehead atoms. The highest BCUT2D eigenvalue weighted by molar-refractivity contribution is 5.79. The molecule has 3 nitrogen and oxygen atoms in total. The van der Waals surface area contributed by atoms with Crippen LogP contribution >= 0.6 is 0 Å². The van der Waals surface area contributed by atoms with Crippen LogP contribution in [0.3, 0.4) is 0 Å². The molecule has 1 aliphatic rings. The van der Waals surface area contributed by atoms with Gasteiger partial charge in [0, 0.05) is 24.5 Å². The normalized spacial score (nSPS) is 29.4. The number of amides is 1. The van der Waals surface area contributed by atoms with Crippen LogP contribution in [-0.2, 0) is 4.79 Å². The third-order valence-corrected chi connectivity index (χ3v) is 3.90. The van der Waals surface area contributed by atoms with Crippen molar-refractivity contribution < 1.29 is 4.79 Å². The first-order chi connectivity index (χ1) is 7.97. The topological polar surface area (TPSA) is 46.3 Å². The van der Waals surface area contributed by atoms with E-state index in [2.05, 4.69) is 27.7 Å². The second-order valence-electron chi connectivity index (χ2n) is 5.78. The van der Waals surface area contributed by atoms with Gasteiger partial charge in [-0.05, 0) is 45.4 Å². The number of hydrogen-bond donors (Lipinski definition) is 1. The summed E-state index contributed by atoms with van der Waals surface area (Å²) in [6.07, 6.45) is 3.99. The number of carbonyl (C=O) groups is 1. The van der Waals surface area contributed by atoms with Crippen molar-refractivity contribution >= 4 is 5.91 Å². The van der Waals surface area contributed by atoms with Crippen LogP contribution < -0.4 is 5.73 Å². The van der Waals surface area contributed by atoms with Gasteiger partial charge in [-0.15, -0.1) is 0 Å². The molecule has 0 radical (unpaired) electrons. The third-order valence-electron chi connectivity index (χ3n) is 3.90. The number of carbonyl (C=O) groups excluding carboxylic acids is 1. The Morgan fingerprint density at radius 2 is 2.06 bits per heavy atom. The standard InChI is InChI=1S/C14H28N2O/c1-5-8-16(10(2)3)14(17)13-7-6-12(15)9-11(13)4/h10-13H,5-9,15H2,1-4H3. The molecule has 0 aromatic rings. The van der Waals surface area contributed by atoms with E-state index in [0.717, 1.165) is 32.2 Å². The summed E-state index contributed by atoms with van der Waals surface area (Å²) in [4.78, 5) is 14.6. The highest BCUT2D eigenvalue weighted by Gasteiger charge is 2.34. The van der Waals surface area contributed by atoms with Crippen molar-refractivity contribution in [1.82, 2.24) is 4.90 Å². The fourth-order valence-corrected chi connectivity index (χ4v) is 2.88. The van der Waals surface area contributed by atoms with Crippen LogP contribution in [0.1, 0.15) is 53.4 Å². The first-order valence-corrected chi connectivity index (χ1v) is 7.03. The second-order valence-corrected chi connectivity index (χ2v) is 5.78. The minimum Gasteiger partial charge on any atom is -0.340 e. The van der Waals surface area contributed by atoms with Crippen molar-refractivity contribution in [2.24, 2.45) is 17.6 Å². The van der Waals surface area contributed by atoms with Gasteiger partial charge in [-0.3, -0.25) is 4.79 Å². The van der Waals surface area contributed by atoms with E-state index in [9.17, 15) is 4.79 Å². The van der Waals surface area contributed by atoms with Crippen molar-refractivity contribution in [2.75, 3.05) is 6.54 Å². The van der Waals surface area contributed by atoms with E-state index in [4.69, 9.17) is 5.73 Å². The molecule has 1 saturated carbocycles. The summed E-state index contributed by atoms with van der Waals surface area (Å²) in [6.45, 7) is 9.39. The number of nitrogens with two attached hydrogens (primary N) is 1. The van der Waals surface area contributed by atoms with E-state index in [-0.39, 0.29) is 5.92 Å². The Balaban J connectivity index is 2.66. The van der Waals surface area contributed by atoms with Crippen molar-refractivity contribution in [1.29, 1.82) is 0 Å². The van der Waals surface area contributed by atoms with Crippen LogP contribution in [0, 0.1) is 11.8 Å². The van der Waals surface area contributed by atoms with Crippen LogP contribution in [0.25, 0.3) is 0 Å². The third kappa shape index (κ3) is 3.70. The van der Waals surface area contributed by atoms with Gasteiger partial charge in [-0.1, -0.05) is 13.8 Å². The zero-order valence-electron chi connectivity index (χ0n) is 11.8. The Morgan fingerprint density at radius 1 is 1.41 bits per heavy atom. The lowest BCUT2D eigenvalue weighted by Gasteiger charge is -2.36. The number of nitrogens with zero attached hydrogens (tertiary/aromatic N) is 1. The Labute approximate surface area is 106 Å². The van der Waals surface area contributed by atoms with Crippen LogP contribution in [-0.4, -0.2) is 29.4 Å². The molecule has 3 unspecified atom stereocenters. The molecule has 1 rings (SSSR count). The van der Waals surface area contributed by atoms with Gasteiger partial charge in [0.15, 0.2) is 0 Å². The lowest BCUT2D eigenvalue weighted by molar-refractivity contribution is -0.140. The number of hydrogen-bond acceptors (Lipinski definition) is 2. The Bertz CT molecular complexity index is 253. The SMILES string of the molecule is CCCN(C(=O)C1CCC(N)CC1C)C(C)C. The van der Waals surface area contributed by atoms with Gasteiger partial charge in [0.2, 0.25) is 5.91 Å². The monoisotopic (exact) mass is 240 g/mol. The summed E-state index contributed by atoms with van der Waals surface area (Å²) in [6, 6.07) is 0.609. The molecule has 0 aliphatic heterocycles. The Kier molecular flexibility index (Phi) is 5.44. The zero-order chi connectivity index (χ0) is 13.0. The van der Waals surface area contributed by atoms with E-state index in [1.54, 1.807) is 0 Å².